The van der Waals surface area contributed by atoms with E-state index in [1.54, 1.807) is 0 Å². The maximum absolute atomic E-state index is 14.6. The first-order valence-corrected chi connectivity index (χ1v) is 9.31. The number of alkyl halides is 3. The van der Waals surface area contributed by atoms with E-state index in [0.29, 0.717) is 17.5 Å². The Hall–Kier alpha value is -2.68. The van der Waals surface area contributed by atoms with Gasteiger partial charge in [-0.2, -0.15) is 0 Å². The minimum Gasteiger partial charge on any atom is -0.456 e. The number of aromatic nitrogens is 1. The number of Topliss-reactive ketones (excluding diaryl/α,β-unsaturated/α-hetero) is 1. The van der Waals surface area contributed by atoms with Crippen LogP contribution in [0.4, 0.5) is 17.6 Å². The first-order valence-electron chi connectivity index (χ1n) is 8.93. The Labute approximate surface area is 174 Å². The molecule has 0 fully saturated rings. The van der Waals surface area contributed by atoms with Crippen LogP contribution in [0.15, 0.2) is 41.5 Å². The second-order valence-electron chi connectivity index (χ2n) is 7.16. The van der Waals surface area contributed by atoms with Gasteiger partial charge in [-0.25, -0.2) is 22.6 Å². The normalized spacial score (nSPS) is 21.7. The van der Waals surface area contributed by atoms with E-state index in [1.807, 2.05) is 0 Å². The van der Waals surface area contributed by atoms with Gasteiger partial charge in [-0.1, -0.05) is 17.7 Å². The number of halogens is 5. The molecule has 0 amide bonds. The van der Waals surface area contributed by atoms with E-state index in [0.717, 1.165) is 6.07 Å². The molecular formula is C20H18ClF4N3O2. The summed E-state index contributed by atoms with van der Waals surface area (Å²) >= 11 is 5.75. The molecule has 2 atom stereocenters. The lowest BCUT2D eigenvalue weighted by atomic mass is 9.82. The van der Waals surface area contributed by atoms with Crippen molar-refractivity contribution in [1.29, 1.82) is 0 Å². The Morgan fingerprint density at radius 3 is 2.70 bits per heavy atom. The Morgan fingerprint density at radius 2 is 2.10 bits per heavy atom. The van der Waals surface area contributed by atoms with Gasteiger partial charge in [0.25, 0.3) is 11.9 Å². The quantitative estimate of drug-likeness (QED) is 0.535. The largest absolute Gasteiger partial charge is 0.456 e. The third-order valence-electron chi connectivity index (χ3n) is 4.81. The number of ether oxygens (including phenoxy) is 1. The fraction of sp³-hybridized carbons (Fsp3) is 0.350. The first kappa shape index (κ1) is 22.0. The highest BCUT2D eigenvalue weighted by Gasteiger charge is 2.49. The Bertz CT molecular complexity index is 979. The van der Waals surface area contributed by atoms with Gasteiger partial charge in [0.1, 0.15) is 23.7 Å². The summed E-state index contributed by atoms with van der Waals surface area (Å²) in [7, 11) is 0. The lowest BCUT2D eigenvalue weighted by Crippen LogP contribution is -2.48. The van der Waals surface area contributed by atoms with Gasteiger partial charge >= 0.3 is 0 Å². The minimum absolute atomic E-state index is 0.143. The zero-order valence-electron chi connectivity index (χ0n) is 15.8. The van der Waals surface area contributed by atoms with Gasteiger partial charge in [-0.15, -0.1) is 0 Å². The lowest BCUT2D eigenvalue weighted by molar-refractivity contribution is -0.106. The van der Waals surface area contributed by atoms with E-state index in [2.05, 4.69) is 9.98 Å². The molecule has 3 rings (SSSR count). The van der Waals surface area contributed by atoms with E-state index in [4.69, 9.17) is 22.1 Å². The zero-order chi connectivity index (χ0) is 22.1. The molecule has 2 heterocycles. The number of hydrogen-bond acceptors (Lipinski definition) is 5. The molecule has 1 aliphatic rings. The van der Waals surface area contributed by atoms with Crippen LogP contribution in [0, 0.1) is 5.82 Å². The van der Waals surface area contributed by atoms with E-state index in [-0.39, 0.29) is 23.5 Å². The fourth-order valence-electron chi connectivity index (χ4n) is 3.24. The number of hydrogen-bond donors (Lipinski definition) is 1. The van der Waals surface area contributed by atoms with Crippen LogP contribution in [0.5, 0.6) is 0 Å². The Morgan fingerprint density at radius 1 is 1.37 bits per heavy atom. The molecule has 1 aliphatic heterocycles. The van der Waals surface area contributed by atoms with Crippen LogP contribution >= 0.6 is 11.6 Å². The monoisotopic (exact) mass is 443 g/mol. The average molecular weight is 444 g/mol. The summed E-state index contributed by atoms with van der Waals surface area (Å²) in [6.07, 6.45) is -1.27. The van der Waals surface area contributed by atoms with Gasteiger partial charge in [-0.3, -0.25) is 9.78 Å². The summed E-state index contributed by atoms with van der Waals surface area (Å²) in [6, 6.07) is 5.89. The van der Waals surface area contributed by atoms with E-state index in [9.17, 15) is 22.4 Å². The molecule has 0 saturated carbocycles. The van der Waals surface area contributed by atoms with Crippen molar-refractivity contribution in [3.8, 4) is 0 Å². The molecule has 1 aromatic carbocycles. The van der Waals surface area contributed by atoms with Gasteiger partial charge in [-0.05, 0) is 29.8 Å². The molecule has 1 aromatic heterocycles. The van der Waals surface area contributed by atoms with Gasteiger partial charge < -0.3 is 10.5 Å². The molecule has 0 spiro atoms. The number of ketones is 1. The van der Waals surface area contributed by atoms with Crippen molar-refractivity contribution >= 4 is 23.4 Å². The summed E-state index contributed by atoms with van der Waals surface area (Å²) in [5.74, 6) is -4.60. The number of rotatable bonds is 6. The van der Waals surface area contributed by atoms with Crippen LogP contribution in [0.25, 0.3) is 0 Å². The standard InChI is InChI=1S/C20H18ClF4N3O2/c1-19(24,25)17-8-20(10-22,28-18(26)30-17)13-6-11(2-4-14(13)23)7-16(29)15-5-3-12(21)9-27-15/h2-6,9,17H,7-8,10H2,1H3,(H2,26,28)/t17-,20+/m0/s1. The molecule has 30 heavy (non-hydrogen) atoms. The smallest absolute Gasteiger partial charge is 0.283 e. The van der Waals surface area contributed by atoms with E-state index >= 15 is 0 Å². The van der Waals surface area contributed by atoms with Crippen LogP contribution in [0.3, 0.4) is 0 Å². The van der Waals surface area contributed by atoms with Gasteiger partial charge in [0.05, 0.1) is 5.02 Å². The fourth-order valence-corrected chi connectivity index (χ4v) is 3.35. The van der Waals surface area contributed by atoms with Crippen molar-refractivity contribution in [3.63, 3.8) is 0 Å². The van der Waals surface area contributed by atoms with Crippen LogP contribution in [0.1, 0.15) is 35.0 Å². The highest BCUT2D eigenvalue weighted by Crippen LogP contribution is 2.41. The number of amidine groups is 1. The summed E-state index contributed by atoms with van der Waals surface area (Å²) in [4.78, 5) is 20.2. The van der Waals surface area contributed by atoms with Gasteiger partial charge in [0, 0.05) is 31.5 Å². The van der Waals surface area contributed by atoms with Gasteiger partial charge in [0.2, 0.25) is 0 Å². The molecule has 2 aromatic rings. The molecule has 160 valence electrons. The predicted octanol–water partition coefficient (Wildman–Crippen LogP) is 4.22. The second kappa shape index (κ2) is 8.22. The number of carbonyl (C=O) groups excluding carboxylic acids is 1. The van der Waals surface area contributed by atoms with Crippen LogP contribution in [-0.2, 0) is 16.7 Å². The van der Waals surface area contributed by atoms with Gasteiger partial charge in [0.15, 0.2) is 11.9 Å². The lowest BCUT2D eigenvalue weighted by Gasteiger charge is -2.38. The summed E-state index contributed by atoms with van der Waals surface area (Å²) in [6.45, 7) is -0.680. The van der Waals surface area contributed by atoms with Crippen LogP contribution < -0.4 is 5.73 Å². The molecule has 5 nitrogen and oxygen atoms in total. The summed E-state index contributed by atoms with van der Waals surface area (Å²) < 4.78 is 61.2. The van der Waals surface area contributed by atoms with Crippen molar-refractivity contribution in [1.82, 2.24) is 4.98 Å². The number of nitrogens with two attached hydrogens (primary N) is 1. The third kappa shape index (κ3) is 4.56. The number of pyridine rings is 1. The highest BCUT2D eigenvalue weighted by molar-refractivity contribution is 6.30. The highest BCUT2D eigenvalue weighted by atomic mass is 35.5. The predicted molar refractivity (Wildman–Crippen MR) is 103 cm³/mol. The van der Waals surface area contributed by atoms with Crippen molar-refractivity contribution in [2.45, 2.75) is 37.3 Å². The number of aliphatic imine (C=N–C) groups is 1. The molecule has 0 bridgehead atoms. The summed E-state index contributed by atoms with van der Waals surface area (Å²) in [5, 5.41) is 0.359. The van der Waals surface area contributed by atoms with Crippen molar-refractivity contribution in [2.75, 3.05) is 6.67 Å². The zero-order valence-corrected chi connectivity index (χ0v) is 16.6. The van der Waals surface area contributed by atoms with Crippen molar-refractivity contribution in [2.24, 2.45) is 10.7 Å². The number of nitrogens with zero attached hydrogens (tertiary/aromatic N) is 2. The Balaban J connectivity index is 1.96. The van der Waals surface area contributed by atoms with E-state index < -0.39 is 42.5 Å². The van der Waals surface area contributed by atoms with Crippen LogP contribution in [0.2, 0.25) is 5.02 Å². The SMILES string of the molecule is CC(F)(F)[C@@H]1C[C@@](CF)(c2cc(CC(=O)c3ccc(Cl)cn3)ccc2F)N=C(N)O1. The minimum atomic E-state index is -3.36. The molecular weight excluding hydrogens is 426 g/mol. The number of carbonyl (C=O) groups is 1. The van der Waals surface area contributed by atoms with Crippen molar-refractivity contribution in [3.05, 3.63) is 64.2 Å². The maximum Gasteiger partial charge on any atom is 0.283 e. The molecule has 0 aliphatic carbocycles. The summed E-state index contributed by atoms with van der Waals surface area (Å²) in [5.41, 5.74) is 3.71. The van der Waals surface area contributed by atoms with Crippen molar-refractivity contribution < 1.29 is 27.1 Å². The van der Waals surface area contributed by atoms with E-state index in [1.165, 1.54) is 30.5 Å². The average Bonchev–Trinajstić information content (AvgIpc) is 2.68. The maximum atomic E-state index is 14.6. The first-order chi connectivity index (χ1) is 14.0. The molecule has 10 heteroatoms. The van der Waals surface area contributed by atoms with Crippen LogP contribution in [-0.4, -0.2) is 35.5 Å². The molecule has 0 radical (unpaired) electrons. The Kier molecular flexibility index (Phi) is 6.03. The third-order valence-corrected chi connectivity index (χ3v) is 5.03. The number of benzene rings is 1. The molecule has 2 N–H and O–H groups in total. The molecule has 0 saturated heterocycles. The second-order valence-corrected chi connectivity index (χ2v) is 7.59. The molecule has 0 unspecified atom stereocenters. The topological polar surface area (TPSA) is 77.6 Å².